The lowest BCUT2D eigenvalue weighted by Gasteiger charge is -2.20. The predicted octanol–water partition coefficient (Wildman–Crippen LogP) is 1.53. The van der Waals surface area contributed by atoms with Crippen LogP contribution in [-0.4, -0.2) is 16.9 Å². The van der Waals surface area contributed by atoms with E-state index in [0.717, 1.165) is 6.42 Å². The van der Waals surface area contributed by atoms with E-state index in [1.807, 2.05) is 0 Å². The average Bonchev–Trinajstić information content (AvgIpc) is 2.35. The third-order valence-electron chi connectivity index (χ3n) is 2.73. The van der Waals surface area contributed by atoms with Crippen LogP contribution in [0.3, 0.4) is 0 Å². The Kier molecular flexibility index (Phi) is 4.90. The SMILES string of the molecule is CCC(NC(=O)c1ccc(NN)nc1)C(C)C. The van der Waals surface area contributed by atoms with Gasteiger partial charge in [0.15, 0.2) is 0 Å². The van der Waals surface area contributed by atoms with Gasteiger partial charge in [-0.25, -0.2) is 10.8 Å². The summed E-state index contributed by atoms with van der Waals surface area (Å²) in [5, 5.41) is 2.99. The van der Waals surface area contributed by atoms with E-state index in [4.69, 9.17) is 5.84 Å². The molecule has 0 aromatic carbocycles. The van der Waals surface area contributed by atoms with Gasteiger partial charge in [0.25, 0.3) is 5.91 Å². The summed E-state index contributed by atoms with van der Waals surface area (Å²) < 4.78 is 0. The Balaban J connectivity index is 2.68. The number of nitrogens with zero attached hydrogens (tertiary/aromatic N) is 1. The van der Waals surface area contributed by atoms with Crippen LogP contribution in [0, 0.1) is 5.92 Å². The second-order valence-electron chi connectivity index (χ2n) is 4.31. The molecule has 1 aromatic heterocycles. The molecule has 0 saturated heterocycles. The van der Waals surface area contributed by atoms with E-state index >= 15 is 0 Å². The Hall–Kier alpha value is -1.62. The molecule has 0 aliphatic rings. The number of anilines is 1. The van der Waals surface area contributed by atoms with Gasteiger partial charge >= 0.3 is 0 Å². The molecule has 1 atom stereocenters. The summed E-state index contributed by atoms with van der Waals surface area (Å²) in [4.78, 5) is 15.9. The first-order chi connectivity index (χ1) is 8.08. The van der Waals surface area contributed by atoms with Crippen LogP contribution in [0.1, 0.15) is 37.6 Å². The Morgan fingerprint density at radius 2 is 2.18 bits per heavy atom. The van der Waals surface area contributed by atoms with E-state index in [1.54, 1.807) is 12.1 Å². The van der Waals surface area contributed by atoms with Crippen molar-refractivity contribution in [2.75, 3.05) is 5.43 Å². The molecule has 0 aliphatic heterocycles. The van der Waals surface area contributed by atoms with Gasteiger partial charge in [0.2, 0.25) is 0 Å². The van der Waals surface area contributed by atoms with Crippen molar-refractivity contribution < 1.29 is 4.79 Å². The van der Waals surface area contributed by atoms with Crippen LogP contribution >= 0.6 is 0 Å². The Labute approximate surface area is 102 Å². The first kappa shape index (κ1) is 13.4. The van der Waals surface area contributed by atoms with Gasteiger partial charge in [-0.05, 0) is 24.5 Å². The summed E-state index contributed by atoms with van der Waals surface area (Å²) in [6, 6.07) is 3.56. The van der Waals surface area contributed by atoms with E-state index < -0.39 is 0 Å². The number of hydrogen-bond acceptors (Lipinski definition) is 4. The van der Waals surface area contributed by atoms with Gasteiger partial charge in [-0.3, -0.25) is 4.79 Å². The summed E-state index contributed by atoms with van der Waals surface area (Å²) >= 11 is 0. The van der Waals surface area contributed by atoms with Gasteiger partial charge in [-0.1, -0.05) is 20.8 Å². The summed E-state index contributed by atoms with van der Waals surface area (Å²) in [6.07, 6.45) is 2.43. The minimum Gasteiger partial charge on any atom is -0.349 e. The van der Waals surface area contributed by atoms with Crippen LogP contribution in [0.15, 0.2) is 18.3 Å². The molecule has 0 saturated carbocycles. The number of amides is 1. The first-order valence-electron chi connectivity index (χ1n) is 5.82. The number of rotatable bonds is 5. The quantitative estimate of drug-likeness (QED) is 0.535. The number of pyridine rings is 1. The number of nitrogen functional groups attached to an aromatic ring is 1. The second-order valence-corrected chi connectivity index (χ2v) is 4.31. The molecule has 94 valence electrons. The zero-order valence-electron chi connectivity index (χ0n) is 10.5. The molecule has 5 heteroatoms. The number of hydrazine groups is 1. The van der Waals surface area contributed by atoms with Gasteiger partial charge in [-0.15, -0.1) is 0 Å². The van der Waals surface area contributed by atoms with Crippen LogP contribution in [0.25, 0.3) is 0 Å². The van der Waals surface area contributed by atoms with Crippen molar-refractivity contribution in [2.45, 2.75) is 33.2 Å². The molecule has 0 spiro atoms. The minimum atomic E-state index is -0.0957. The van der Waals surface area contributed by atoms with Crippen molar-refractivity contribution in [3.63, 3.8) is 0 Å². The van der Waals surface area contributed by atoms with Crippen LogP contribution in [-0.2, 0) is 0 Å². The lowest BCUT2D eigenvalue weighted by atomic mass is 10.0. The van der Waals surface area contributed by atoms with Gasteiger partial charge < -0.3 is 10.7 Å². The van der Waals surface area contributed by atoms with Crippen molar-refractivity contribution in [2.24, 2.45) is 11.8 Å². The number of carbonyl (C=O) groups is 1. The summed E-state index contributed by atoms with van der Waals surface area (Å²) in [7, 11) is 0. The zero-order valence-corrected chi connectivity index (χ0v) is 10.5. The topological polar surface area (TPSA) is 80.0 Å². The van der Waals surface area contributed by atoms with Gasteiger partial charge in [0.1, 0.15) is 5.82 Å². The maximum Gasteiger partial charge on any atom is 0.253 e. The lowest BCUT2D eigenvalue weighted by molar-refractivity contribution is 0.0924. The summed E-state index contributed by atoms with van der Waals surface area (Å²) in [5.41, 5.74) is 2.96. The first-order valence-corrected chi connectivity index (χ1v) is 5.82. The highest BCUT2D eigenvalue weighted by Gasteiger charge is 2.15. The average molecular weight is 236 g/mol. The van der Waals surface area contributed by atoms with Crippen molar-refractivity contribution in [1.82, 2.24) is 10.3 Å². The Morgan fingerprint density at radius 1 is 1.47 bits per heavy atom. The lowest BCUT2D eigenvalue weighted by Crippen LogP contribution is -2.38. The van der Waals surface area contributed by atoms with E-state index in [1.165, 1.54) is 6.20 Å². The highest BCUT2D eigenvalue weighted by molar-refractivity contribution is 5.94. The molecule has 1 amide bonds. The second kappa shape index (κ2) is 6.20. The fourth-order valence-electron chi connectivity index (χ4n) is 1.61. The zero-order chi connectivity index (χ0) is 12.8. The number of nitrogens with one attached hydrogen (secondary N) is 2. The van der Waals surface area contributed by atoms with Crippen molar-refractivity contribution >= 4 is 11.7 Å². The molecule has 5 nitrogen and oxygen atoms in total. The third kappa shape index (κ3) is 3.71. The van der Waals surface area contributed by atoms with Crippen LogP contribution in [0.2, 0.25) is 0 Å². The van der Waals surface area contributed by atoms with E-state index in [9.17, 15) is 4.79 Å². The highest BCUT2D eigenvalue weighted by atomic mass is 16.1. The molecule has 0 aliphatic carbocycles. The fourth-order valence-corrected chi connectivity index (χ4v) is 1.61. The molecule has 4 N–H and O–H groups in total. The Morgan fingerprint density at radius 3 is 2.59 bits per heavy atom. The molecular formula is C12H20N4O. The number of aromatic nitrogens is 1. The van der Waals surface area contributed by atoms with Crippen molar-refractivity contribution in [3.8, 4) is 0 Å². The molecule has 0 fully saturated rings. The van der Waals surface area contributed by atoms with Gasteiger partial charge in [0.05, 0.1) is 5.56 Å². The van der Waals surface area contributed by atoms with E-state index in [2.05, 4.69) is 36.5 Å². The highest BCUT2D eigenvalue weighted by Crippen LogP contribution is 2.08. The maximum absolute atomic E-state index is 11.9. The molecule has 0 bridgehead atoms. The third-order valence-corrected chi connectivity index (χ3v) is 2.73. The van der Waals surface area contributed by atoms with Crippen molar-refractivity contribution in [3.05, 3.63) is 23.9 Å². The number of nitrogens with two attached hydrogens (primary N) is 1. The molecule has 1 aromatic rings. The fraction of sp³-hybridized carbons (Fsp3) is 0.500. The molecular weight excluding hydrogens is 216 g/mol. The monoisotopic (exact) mass is 236 g/mol. The Bertz CT molecular complexity index is 361. The molecule has 0 radical (unpaired) electrons. The summed E-state index contributed by atoms with van der Waals surface area (Å²) in [6.45, 7) is 6.24. The number of carbonyl (C=O) groups excluding carboxylic acids is 1. The standard InChI is InChI=1S/C12H20N4O/c1-4-10(8(2)3)15-12(17)9-5-6-11(16-13)14-7-9/h5-8,10H,4,13H2,1-3H3,(H,14,16)(H,15,17). The van der Waals surface area contributed by atoms with Gasteiger partial charge in [-0.2, -0.15) is 0 Å². The van der Waals surface area contributed by atoms with Crippen molar-refractivity contribution in [1.29, 1.82) is 0 Å². The smallest absolute Gasteiger partial charge is 0.253 e. The minimum absolute atomic E-state index is 0.0957. The molecule has 1 rings (SSSR count). The maximum atomic E-state index is 11.9. The van der Waals surface area contributed by atoms with E-state index in [0.29, 0.717) is 17.3 Å². The van der Waals surface area contributed by atoms with Crippen LogP contribution in [0.4, 0.5) is 5.82 Å². The molecule has 17 heavy (non-hydrogen) atoms. The molecule has 1 unspecified atom stereocenters. The van der Waals surface area contributed by atoms with E-state index in [-0.39, 0.29) is 11.9 Å². The molecule has 1 heterocycles. The predicted molar refractivity (Wildman–Crippen MR) is 68.4 cm³/mol. The number of hydrogen-bond donors (Lipinski definition) is 3. The van der Waals surface area contributed by atoms with Gasteiger partial charge in [0, 0.05) is 12.2 Å². The normalized spacial score (nSPS) is 12.3. The van der Waals surface area contributed by atoms with Crippen LogP contribution < -0.4 is 16.6 Å². The largest absolute Gasteiger partial charge is 0.349 e. The summed E-state index contributed by atoms with van der Waals surface area (Å²) in [5.74, 6) is 6.07. The van der Waals surface area contributed by atoms with Crippen LogP contribution in [0.5, 0.6) is 0 Å².